The van der Waals surface area contributed by atoms with E-state index >= 15 is 0 Å². The minimum absolute atomic E-state index is 0.0574. The maximum absolute atomic E-state index is 11.8. The van der Waals surface area contributed by atoms with E-state index in [1.165, 1.54) is 18.4 Å². The molecule has 186 valence electrons. The van der Waals surface area contributed by atoms with Gasteiger partial charge in [-0.3, -0.25) is 4.79 Å². The molecule has 0 amide bonds. The zero-order valence-electron chi connectivity index (χ0n) is 20.4. The lowest BCUT2D eigenvalue weighted by Crippen LogP contribution is -2.33. The van der Waals surface area contributed by atoms with Gasteiger partial charge in [0.15, 0.2) is 0 Å². The van der Waals surface area contributed by atoms with Crippen molar-refractivity contribution in [3.05, 3.63) is 35.9 Å². The van der Waals surface area contributed by atoms with Crippen LogP contribution < -0.4 is 0 Å². The van der Waals surface area contributed by atoms with Crippen LogP contribution in [0.5, 0.6) is 0 Å². The number of esters is 1. The monoisotopic (exact) mass is 460 g/mol. The molecule has 5 heteroatoms. The lowest BCUT2D eigenvalue weighted by molar-refractivity contribution is -0.147. The Balaban J connectivity index is 1.41. The Morgan fingerprint density at radius 2 is 1.70 bits per heavy atom. The number of hydrogen-bond acceptors (Lipinski definition) is 5. The highest BCUT2D eigenvalue weighted by Gasteiger charge is 2.44. The topological polar surface area (TPSA) is 87.0 Å². The molecule has 2 fully saturated rings. The van der Waals surface area contributed by atoms with E-state index in [1.54, 1.807) is 0 Å². The number of rotatable bonds is 13. The van der Waals surface area contributed by atoms with Crippen molar-refractivity contribution in [1.29, 1.82) is 0 Å². The van der Waals surface area contributed by atoms with Crippen LogP contribution in [0.4, 0.5) is 0 Å². The van der Waals surface area contributed by atoms with Crippen molar-refractivity contribution in [3.8, 4) is 0 Å². The molecule has 3 N–H and O–H groups in total. The van der Waals surface area contributed by atoms with Gasteiger partial charge in [-0.2, -0.15) is 0 Å². The number of hydrogen-bond donors (Lipinski definition) is 3. The molecular formula is C28H44O5. The second kappa shape index (κ2) is 12.9. The fraction of sp³-hybridized carbons (Fsp3) is 0.750. The predicted molar refractivity (Wildman–Crippen MR) is 130 cm³/mol. The fourth-order valence-corrected chi connectivity index (χ4v) is 5.92. The average Bonchev–Trinajstić information content (AvgIpc) is 3.03. The van der Waals surface area contributed by atoms with Crippen LogP contribution in [-0.4, -0.2) is 45.7 Å². The summed E-state index contributed by atoms with van der Waals surface area (Å²) in [6.07, 6.45) is 7.80. The maximum Gasteiger partial charge on any atom is 0.306 e. The van der Waals surface area contributed by atoms with Crippen LogP contribution in [0.3, 0.4) is 0 Å². The average molecular weight is 461 g/mol. The van der Waals surface area contributed by atoms with E-state index in [2.05, 4.69) is 12.1 Å². The molecule has 0 aliphatic heterocycles. The fourth-order valence-electron chi connectivity index (χ4n) is 5.92. The quantitative estimate of drug-likeness (QED) is 0.373. The molecule has 0 radical (unpaired) electrons. The summed E-state index contributed by atoms with van der Waals surface area (Å²) in [6, 6.07) is 10.2. The van der Waals surface area contributed by atoms with Crippen molar-refractivity contribution >= 4 is 5.97 Å². The van der Waals surface area contributed by atoms with Gasteiger partial charge in [-0.15, -0.1) is 0 Å². The Hall–Kier alpha value is -1.43. The van der Waals surface area contributed by atoms with E-state index in [9.17, 15) is 20.1 Å². The van der Waals surface area contributed by atoms with E-state index in [-0.39, 0.29) is 30.0 Å². The predicted octanol–water partition coefficient (Wildman–Crippen LogP) is 4.66. The Morgan fingerprint density at radius 1 is 1.00 bits per heavy atom. The largest absolute Gasteiger partial charge is 0.463 e. The van der Waals surface area contributed by atoms with Crippen molar-refractivity contribution in [2.24, 2.45) is 23.7 Å². The molecule has 2 saturated carbocycles. The number of carbonyl (C=O) groups excluding carboxylic acids is 1. The van der Waals surface area contributed by atoms with Crippen LogP contribution in [0.1, 0.15) is 83.6 Å². The summed E-state index contributed by atoms with van der Waals surface area (Å²) in [4.78, 5) is 11.8. The van der Waals surface area contributed by atoms with E-state index < -0.39 is 12.2 Å². The molecule has 1 aromatic carbocycles. The zero-order valence-corrected chi connectivity index (χ0v) is 20.4. The SMILES string of the molecule is CC(C)OC(=O)CCCC1CC[C@@H]1C[C@@H]1[C@@H](CC[C@@H](O)CCc2ccccc2)[C@H](O)C[C@@H]1O. The maximum atomic E-state index is 11.8. The Labute approximate surface area is 199 Å². The Kier molecular flexibility index (Phi) is 10.2. The number of benzene rings is 1. The van der Waals surface area contributed by atoms with Gasteiger partial charge in [-0.25, -0.2) is 0 Å². The van der Waals surface area contributed by atoms with Crippen LogP contribution in [0.15, 0.2) is 30.3 Å². The van der Waals surface area contributed by atoms with Gasteiger partial charge in [-0.05, 0) is 107 Å². The summed E-state index contributed by atoms with van der Waals surface area (Å²) < 4.78 is 5.23. The first-order chi connectivity index (χ1) is 15.8. The number of aryl methyl sites for hydroxylation is 1. The van der Waals surface area contributed by atoms with Crippen LogP contribution in [-0.2, 0) is 16.0 Å². The van der Waals surface area contributed by atoms with E-state index in [4.69, 9.17) is 4.74 Å². The van der Waals surface area contributed by atoms with Gasteiger partial charge in [0, 0.05) is 6.42 Å². The third kappa shape index (κ3) is 8.08. The molecule has 0 spiro atoms. The number of ether oxygens (including phenoxy) is 1. The van der Waals surface area contributed by atoms with E-state index in [0.29, 0.717) is 31.1 Å². The molecule has 2 aliphatic carbocycles. The first-order valence-corrected chi connectivity index (χ1v) is 13.1. The lowest BCUT2D eigenvalue weighted by Gasteiger charge is -2.40. The van der Waals surface area contributed by atoms with E-state index in [1.807, 2.05) is 32.0 Å². The number of carbonyl (C=O) groups is 1. The molecule has 5 nitrogen and oxygen atoms in total. The first kappa shape index (κ1) is 26.2. The van der Waals surface area contributed by atoms with Crippen LogP contribution >= 0.6 is 0 Å². The van der Waals surface area contributed by atoms with Crippen LogP contribution in [0, 0.1) is 23.7 Å². The lowest BCUT2D eigenvalue weighted by atomic mass is 9.66. The smallest absolute Gasteiger partial charge is 0.306 e. The summed E-state index contributed by atoms with van der Waals surface area (Å²) >= 11 is 0. The molecular weight excluding hydrogens is 416 g/mol. The van der Waals surface area contributed by atoms with Gasteiger partial charge in [0.05, 0.1) is 24.4 Å². The highest BCUT2D eigenvalue weighted by molar-refractivity contribution is 5.69. The normalized spacial score (nSPS) is 30.2. The minimum atomic E-state index is -0.476. The van der Waals surface area contributed by atoms with Crippen LogP contribution in [0.2, 0.25) is 0 Å². The molecule has 0 aromatic heterocycles. The Bertz CT molecular complexity index is 705. The third-order valence-corrected chi connectivity index (χ3v) is 7.94. The summed E-state index contributed by atoms with van der Waals surface area (Å²) in [5.74, 6) is 1.25. The molecule has 1 unspecified atom stereocenters. The van der Waals surface area contributed by atoms with Crippen molar-refractivity contribution < 1.29 is 24.9 Å². The van der Waals surface area contributed by atoms with Gasteiger partial charge >= 0.3 is 5.97 Å². The Morgan fingerprint density at radius 3 is 2.36 bits per heavy atom. The summed E-state index contributed by atoms with van der Waals surface area (Å²) in [6.45, 7) is 3.75. The van der Waals surface area contributed by atoms with Gasteiger partial charge in [0.1, 0.15) is 0 Å². The first-order valence-electron chi connectivity index (χ1n) is 13.1. The molecule has 0 bridgehead atoms. The zero-order chi connectivity index (χ0) is 23.8. The van der Waals surface area contributed by atoms with Crippen LogP contribution in [0.25, 0.3) is 0 Å². The van der Waals surface area contributed by atoms with Gasteiger partial charge in [-0.1, -0.05) is 30.3 Å². The highest BCUT2D eigenvalue weighted by atomic mass is 16.5. The third-order valence-electron chi connectivity index (χ3n) is 7.94. The summed E-state index contributed by atoms with van der Waals surface area (Å²) in [7, 11) is 0. The summed E-state index contributed by atoms with van der Waals surface area (Å²) in [5.41, 5.74) is 1.24. The molecule has 2 aliphatic rings. The summed E-state index contributed by atoms with van der Waals surface area (Å²) in [5, 5.41) is 31.8. The van der Waals surface area contributed by atoms with E-state index in [0.717, 1.165) is 38.5 Å². The standard InChI is InChI=1S/C28H44O5/c1-19(2)33-28(32)10-6-9-21-12-13-22(21)17-25-24(26(30)18-27(25)31)16-15-23(29)14-11-20-7-4-3-5-8-20/h3-5,7-8,19,21-27,29-31H,6,9-18H2,1-2H3/t21?,22-,23+,24-,25-,26-,27+/m1/s1. The number of aliphatic hydroxyl groups excluding tert-OH is 3. The highest BCUT2D eigenvalue weighted by Crippen LogP contribution is 2.47. The molecule has 3 rings (SSSR count). The van der Waals surface area contributed by atoms with Gasteiger partial charge < -0.3 is 20.1 Å². The van der Waals surface area contributed by atoms with Gasteiger partial charge in [0.2, 0.25) is 0 Å². The second-order valence-electron chi connectivity index (χ2n) is 10.7. The van der Waals surface area contributed by atoms with Crippen molar-refractivity contribution in [2.75, 3.05) is 0 Å². The molecule has 33 heavy (non-hydrogen) atoms. The number of aliphatic hydroxyl groups is 3. The molecule has 0 heterocycles. The van der Waals surface area contributed by atoms with Gasteiger partial charge in [0.25, 0.3) is 0 Å². The molecule has 7 atom stereocenters. The van der Waals surface area contributed by atoms with Crippen molar-refractivity contribution in [2.45, 2.75) is 109 Å². The van der Waals surface area contributed by atoms with Crippen molar-refractivity contribution in [3.63, 3.8) is 0 Å². The minimum Gasteiger partial charge on any atom is -0.463 e. The molecule has 0 saturated heterocycles. The molecule has 1 aromatic rings. The van der Waals surface area contributed by atoms with Crippen molar-refractivity contribution in [1.82, 2.24) is 0 Å². The second-order valence-corrected chi connectivity index (χ2v) is 10.7.